The Hall–Kier alpha value is -0.810. The standard InChI is InChI=1S/C19H29ClN2O2.ClH/c1-4-22(18(19(20)23)16-9-11-21-12-10-16)14(2)13-15-5-7-17(24-3)8-6-15;/h5-8,14,16,18,21H,4,9-13H2,1-3H3;1H. The van der Waals surface area contributed by atoms with E-state index in [0.717, 1.165) is 44.6 Å². The van der Waals surface area contributed by atoms with Gasteiger partial charge in [0, 0.05) is 6.04 Å². The second-order valence-corrected chi connectivity index (χ2v) is 6.94. The molecule has 6 heteroatoms. The number of nitrogens with one attached hydrogen (secondary N) is 1. The highest BCUT2D eigenvalue weighted by molar-refractivity contribution is 6.64. The minimum Gasteiger partial charge on any atom is -0.497 e. The number of likely N-dealkylation sites (N-methyl/N-ethyl adjacent to an activating group) is 1. The SMILES string of the molecule is CCN(C(C)Cc1ccc(OC)cc1)C(C(=O)Cl)C1CCNCC1.Cl. The van der Waals surface area contributed by atoms with Gasteiger partial charge in [-0.2, -0.15) is 0 Å². The number of halogens is 2. The number of benzene rings is 1. The van der Waals surface area contributed by atoms with E-state index in [9.17, 15) is 4.79 Å². The van der Waals surface area contributed by atoms with Gasteiger partial charge in [-0.25, -0.2) is 0 Å². The van der Waals surface area contributed by atoms with Gasteiger partial charge in [0.1, 0.15) is 5.75 Å². The van der Waals surface area contributed by atoms with Crippen LogP contribution in [0.4, 0.5) is 0 Å². The predicted octanol–water partition coefficient (Wildman–Crippen LogP) is 3.50. The Bertz CT molecular complexity index is 519. The molecular weight excluding hydrogens is 359 g/mol. The van der Waals surface area contributed by atoms with E-state index >= 15 is 0 Å². The lowest BCUT2D eigenvalue weighted by atomic mass is 9.88. The average Bonchev–Trinajstić information content (AvgIpc) is 2.60. The van der Waals surface area contributed by atoms with Gasteiger partial charge in [-0.1, -0.05) is 19.1 Å². The summed E-state index contributed by atoms with van der Waals surface area (Å²) in [5.74, 6) is 1.21. The molecule has 1 aromatic rings. The van der Waals surface area contributed by atoms with Crippen molar-refractivity contribution in [2.24, 2.45) is 5.92 Å². The summed E-state index contributed by atoms with van der Waals surface area (Å²) in [6.07, 6.45) is 2.91. The summed E-state index contributed by atoms with van der Waals surface area (Å²) in [7, 11) is 1.67. The molecule has 2 atom stereocenters. The van der Waals surface area contributed by atoms with E-state index in [1.54, 1.807) is 7.11 Å². The third-order valence-electron chi connectivity index (χ3n) is 5.04. The number of hydrogen-bond acceptors (Lipinski definition) is 4. The van der Waals surface area contributed by atoms with E-state index in [4.69, 9.17) is 16.3 Å². The Morgan fingerprint density at radius 3 is 2.40 bits per heavy atom. The van der Waals surface area contributed by atoms with Crippen LogP contribution in [0.5, 0.6) is 5.75 Å². The van der Waals surface area contributed by atoms with Crippen LogP contribution >= 0.6 is 24.0 Å². The fourth-order valence-corrected chi connectivity index (χ4v) is 4.05. The van der Waals surface area contributed by atoms with Crippen LogP contribution < -0.4 is 10.1 Å². The Morgan fingerprint density at radius 1 is 1.32 bits per heavy atom. The van der Waals surface area contributed by atoms with Crippen molar-refractivity contribution in [1.82, 2.24) is 10.2 Å². The summed E-state index contributed by atoms with van der Waals surface area (Å²) in [6, 6.07) is 8.21. The van der Waals surface area contributed by atoms with Crippen LogP contribution in [-0.2, 0) is 11.2 Å². The van der Waals surface area contributed by atoms with Gasteiger partial charge in [-0.3, -0.25) is 9.69 Å². The lowest BCUT2D eigenvalue weighted by Gasteiger charge is -2.39. The predicted molar refractivity (Wildman–Crippen MR) is 106 cm³/mol. The van der Waals surface area contributed by atoms with Crippen molar-refractivity contribution < 1.29 is 9.53 Å². The maximum atomic E-state index is 12.2. The smallest absolute Gasteiger partial charge is 0.239 e. The molecule has 1 aromatic carbocycles. The lowest BCUT2D eigenvalue weighted by molar-refractivity contribution is -0.119. The Morgan fingerprint density at radius 2 is 1.92 bits per heavy atom. The van der Waals surface area contributed by atoms with E-state index in [2.05, 4.69) is 36.2 Å². The van der Waals surface area contributed by atoms with Gasteiger partial charge in [0.2, 0.25) is 5.24 Å². The van der Waals surface area contributed by atoms with Crippen LogP contribution in [0.3, 0.4) is 0 Å². The van der Waals surface area contributed by atoms with Gasteiger partial charge in [-0.15, -0.1) is 12.4 Å². The fraction of sp³-hybridized carbons (Fsp3) is 0.632. The van der Waals surface area contributed by atoms with Gasteiger partial charge >= 0.3 is 0 Å². The van der Waals surface area contributed by atoms with Crippen LogP contribution in [0.15, 0.2) is 24.3 Å². The third kappa shape index (κ3) is 6.14. The van der Waals surface area contributed by atoms with E-state index in [1.807, 2.05) is 12.1 Å². The summed E-state index contributed by atoms with van der Waals surface area (Å²) in [5, 5.41) is 3.14. The fourth-order valence-electron chi connectivity index (χ4n) is 3.75. The first-order chi connectivity index (χ1) is 11.6. The van der Waals surface area contributed by atoms with Gasteiger partial charge in [0.15, 0.2) is 0 Å². The highest BCUT2D eigenvalue weighted by Gasteiger charge is 2.35. The number of ether oxygens (including phenoxy) is 1. The zero-order chi connectivity index (χ0) is 17.5. The molecule has 1 heterocycles. The summed E-state index contributed by atoms with van der Waals surface area (Å²) in [6.45, 7) is 7.05. The van der Waals surface area contributed by atoms with Crippen LogP contribution in [0.25, 0.3) is 0 Å². The molecule has 2 unspecified atom stereocenters. The minimum atomic E-state index is -0.217. The largest absolute Gasteiger partial charge is 0.497 e. The quantitative estimate of drug-likeness (QED) is 0.691. The second kappa shape index (κ2) is 11.0. The third-order valence-corrected chi connectivity index (χ3v) is 5.27. The highest BCUT2D eigenvalue weighted by atomic mass is 35.5. The van der Waals surface area contributed by atoms with E-state index in [-0.39, 0.29) is 29.7 Å². The van der Waals surface area contributed by atoms with E-state index in [1.165, 1.54) is 5.56 Å². The highest BCUT2D eigenvalue weighted by Crippen LogP contribution is 2.26. The van der Waals surface area contributed by atoms with Crippen LogP contribution in [0, 0.1) is 5.92 Å². The molecule has 0 aliphatic carbocycles. The molecule has 0 aromatic heterocycles. The van der Waals surface area contributed by atoms with Crippen LogP contribution in [0.2, 0.25) is 0 Å². The van der Waals surface area contributed by atoms with Gasteiger partial charge in [-0.05, 0) is 81.0 Å². The number of hydrogen-bond donors (Lipinski definition) is 1. The number of nitrogens with zero attached hydrogens (tertiary/aromatic N) is 1. The zero-order valence-corrected chi connectivity index (χ0v) is 16.9. The number of piperidine rings is 1. The summed E-state index contributed by atoms with van der Waals surface area (Å²) in [5.41, 5.74) is 1.24. The van der Waals surface area contributed by atoms with E-state index < -0.39 is 0 Å². The first-order valence-electron chi connectivity index (χ1n) is 8.85. The summed E-state index contributed by atoms with van der Waals surface area (Å²) in [4.78, 5) is 14.4. The maximum absolute atomic E-state index is 12.2. The number of methoxy groups -OCH3 is 1. The normalized spacial score (nSPS) is 17.6. The van der Waals surface area contributed by atoms with Crippen molar-refractivity contribution in [3.63, 3.8) is 0 Å². The van der Waals surface area contributed by atoms with Crippen molar-refractivity contribution in [2.45, 2.75) is 45.2 Å². The monoisotopic (exact) mass is 388 g/mol. The molecule has 1 aliphatic rings. The van der Waals surface area contributed by atoms with Crippen molar-refractivity contribution in [1.29, 1.82) is 0 Å². The minimum absolute atomic E-state index is 0. The molecule has 1 fully saturated rings. The molecule has 4 nitrogen and oxygen atoms in total. The molecule has 2 rings (SSSR count). The average molecular weight is 389 g/mol. The summed E-state index contributed by atoms with van der Waals surface area (Å²) < 4.78 is 5.21. The van der Waals surface area contributed by atoms with Crippen LogP contribution in [-0.4, -0.2) is 49.0 Å². The zero-order valence-electron chi connectivity index (χ0n) is 15.3. The Kier molecular flexibility index (Phi) is 9.80. The van der Waals surface area contributed by atoms with Crippen molar-refractivity contribution in [2.75, 3.05) is 26.7 Å². The topological polar surface area (TPSA) is 41.6 Å². The van der Waals surface area contributed by atoms with Gasteiger partial charge < -0.3 is 10.1 Å². The molecule has 0 amide bonds. The first kappa shape index (κ1) is 22.2. The molecule has 25 heavy (non-hydrogen) atoms. The molecule has 1 aliphatic heterocycles. The molecule has 1 N–H and O–H groups in total. The van der Waals surface area contributed by atoms with Crippen molar-refractivity contribution >= 4 is 29.3 Å². The summed E-state index contributed by atoms with van der Waals surface area (Å²) >= 11 is 6.02. The molecule has 0 saturated carbocycles. The molecule has 0 bridgehead atoms. The maximum Gasteiger partial charge on any atom is 0.239 e. The molecule has 1 saturated heterocycles. The molecule has 0 spiro atoms. The molecule has 0 radical (unpaired) electrons. The van der Waals surface area contributed by atoms with Crippen LogP contribution in [0.1, 0.15) is 32.3 Å². The van der Waals surface area contributed by atoms with Crippen molar-refractivity contribution in [3.05, 3.63) is 29.8 Å². The Labute approximate surface area is 162 Å². The first-order valence-corrected chi connectivity index (χ1v) is 9.23. The van der Waals surface area contributed by atoms with Crippen molar-refractivity contribution in [3.8, 4) is 5.75 Å². The number of rotatable bonds is 8. The number of carbonyl (C=O) groups is 1. The van der Waals surface area contributed by atoms with Gasteiger partial charge in [0.05, 0.1) is 13.2 Å². The van der Waals surface area contributed by atoms with E-state index in [0.29, 0.717) is 5.92 Å². The second-order valence-electron chi connectivity index (χ2n) is 6.57. The number of carbonyl (C=O) groups excluding carboxylic acids is 1. The molecular formula is C19H30Cl2N2O2. The molecule has 142 valence electrons. The lowest BCUT2D eigenvalue weighted by Crippen LogP contribution is -2.51. The Balaban J connectivity index is 0.00000312. The van der Waals surface area contributed by atoms with Gasteiger partial charge in [0.25, 0.3) is 0 Å².